The normalized spacial score (nSPS) is 10.9. The lowest BCUT2D eigenvalue weighted by Gasteiger charge is -1.98. The summed E-state index contributed by atoms with van der Waals surface area (Å²) in [7, 11) is 0. The second kappa shape index (κ2) is 6.21. The number of benzene rings is 2. The Hall–Kier alpha value is -1.61. The molecule has 2 nitrogen and oxygen atoms in total. The molecule has 0 aliphatic carbocycles. The van der Waals surface area contributed by atoms with Gasteiger partial charge in [0.05, 0.1) is 11.4 Å². The number of hydrogen-bond acceptors (Lipinski definition) is 3. The van der Waals surface area contributed by atoms with Gasteiger partial charge in [-0.3, -0.25) is 0 Å². The van der Waals surface area contributed by atoms with Crippen molar-refractivity contribution in [3.63, 3.8) is 0 Å². The summed E-state index contributed by atoms with van der Waals surface area (Å²) in [5.41, 5.74) is 3.08. The van der Waals surface area contributed by atoms with Crippen LogP contribution in [0.25, 0.3) is 0 Å². The van der Waals surface area contributed by atoms with Crippen molar-refractivity contribution in [2.24, 2.45) is 10.2 Å². The quantitative estimate of drug-likeness (QED) is 0.695. The fraction of sp³-hybridized carbons (Fsp3) is 0.143. The Morgan fingerprint density at radius 2 is 1.41 bits per heavy atom. The first kappa shape index (κ1) is 11.9. The summed E-state index contributed by atoms with van der Waals surface area (Å²) >= 11 is 1.82. The van der Waals surface area contributed by atoms with E-state index in [-0.39, 0.29) is 0 Å². The molecule has 0 saturated heterocycles. The van der Waals surface area contributed by atoms with Gasteiger partial charge in [0.15, 0.2) is 0 Å². The van der Waals surface area contributed by atoms with Gasteiger partial charge in [-0.15, -0.1) is 0 Å². The van der Waals surface area contributed by atoms with Crippen LogP contribution in [0.5, 0.6) is 0 Å². The number of thioether (sulfide) groups is 1. The van der Waals surface area contributed by atoms with Crippen molar-refractivity contribution in [3.05, 3.63) is 60.2 Å². The molecule has 0 amide bonds. The average molecular weight is 242 g/mol. The third-order valence-electron chi connectivity index (χ3n) is 2.28. The molecule has 2 aromatic carbocycles. The SMILES string of the molecule is CSCc1ccc(N=Nc2ccccc2)cc1. The van der Waals surface area contributed by atoms with E-state index in [2.05, 4.69) is 28.6 Å². The van der Waals surface area contributed by atoms with Crippen molar-refractivity contribution < 1.29 is 0 Å². The van der Waals surface area contributed by atoms with Gasteiger partial charge in [0.25, 0.3) is 0 Å². The van der Waals surface area contributed by atoms with E-state index < -0.39 is 0 Å². The maximum atomic E-state index is 4.20. The maximum absolute atomic E-state index is 4.20. The Bertz CT molecular complexity index is 477. The largest absolute Gasteiger partial charge is 0.161 e. The van der Waals surface area contributed by atoms with Crippen LogP contribution in [0.3, 0.4) is 0 Å². The summed E-state index contributed by atoms with van der Waals surface area (Å²) in [5, 5.41) is 8.37. The minimum atomic E-state index is 0.876. The van der Waals surface area contributed by atoms with E-state index in [4.69, 9.17) is 0 Å². The van der Waals surface area contributed by atoms with Crippen LogP contribution in [-0.2, 0) is 5.75 Å². The molecule has 0 saturated carbocycles. The van der Waals surface area contributed by atoms with E-state index in [9.17, 15) is 0 Å². The van der Waals surface area contributed by atoms with Crippen molar-refractivity contribution in [1.82, 2.24) is 0 Å². The molecule has 0 aliphatic rings. The molecule has 0 N–H and O–H groups in total. The molecule has 17 heavy (non-hydrogen) atoms. The lowest BCUT2D eigenvalue weighted by Crippen LogP contribution is -1.76. The van der Waals surface area contributed by atoms with E-state index in [0.717, 1.165) is 17.1 Å². The second-order valence-electron chi connectivity index (χ2n) is 3.64. The third-order valence-corrected chi connectivity index (χ3v) is 2.91. The first-order chi connectivity index (χ1) is 8.38. The van der Waals surface area contributed by atoms with E-state index >= 15 is 0 Å². The van der Waals surface area contributed by atoms with Crippen molar-refractivity contribution in [3.8, 4) is 0 Å². The fourth-order valence-corrected chi connectivity index (χ4v) is 1.96. The van der Waals surface area contributed by atoms with Gasteiger partial charge in [0.2, 0.25) is 0 Å². The third kappa shape index (κ3) is 3.71. The molecule has 0 aliphatic heterocycles. The van der Waals surface area contributed by atoms with Gasteiger partial charge in [-0.1, -0.05) is 30.3 Å². The van der Waals surface area contributed by atoms with Crippen LogP contribution in [0.1, 0.15) is 5.56 Å². The van der Waals surface area contributed by atoms with E-state index in [1.165, 1.54) is 5.56 Å². The topological polar surface area (TPSA) is 24.7 Å². The van der Waals surface area contributed by atoms with Crippen molar-refractivity contribution in [1.29, 1.82) is 0 Å². The lowest BCUT2D eigenvalue weighted by atomic mass is 10.2. The van der Waals surface area contributed by atoms with E-state index in [1.807, 2.05) is 54.2 Å². The van der Waals surface area contributed by atoms with Crippen molar-refractivity contribution in [2.75, 3.05) is 6.26 Å². The minimum Gasteiger partial charge on any atom is -0.161 e. The van der Waals surface area contributed by atoms with Gasteiger partial charge < -0.3 is 0 Å². The Labute approximate surface area is 106 Å². The van der Waals surface area contributed by atoms with Crippen LogP contribution in [0.15, 0.2) is 64.8 Å². The van der Waals surface area contributed by atoms with E-state index in [0.29, 0.717) is 0 Å². The highest BCUT2D eigenvalue weighted by Crippen LogP contribution is 2.19. The molecule has 2 aromatic rings. The van der Waals surface area contributed by atoms with Crippen LogP contribution in [0, 0.1) is 0 Å². The molecular formula is C14H14N2S. The van der Waals surface area contributed by atoms with Gasteiger partial charge >= 0.3 is 0 Å². The molecule has 0 unspecified atom stereocenters. The highest BCUT2D eigenvalue weighted by Gasteiger charge is 1.92. The Balaban J connectivity index is 2.06. The molecular weight excluding hydrogens is 228 g/mol. The van der Waals surface area contributed by atoms with Crippen LogP contribution in [0.2, 0.25) is 0 Å². The van der Waals surface area contributed by atoms with Crippen LogP contribution >= 0.6 is 11.8 Å². The summed E-state index contributed by atoms with van der Waals surface area (Å²) in [6.07, 6.45) is 2.10. The smallest absolute Gasteiger partial charge is 0.0857 e. The summed E-state index contributed by atoms with van der Waals surface area (Å²) in [4.78, 5) is 0. The predicted octanol–water partition coefficient (Wildman–Crippen LogP) is 4.97. The monoisotopic (exact) mass is 242 g/mol. The Kier molecular flexibility index (Phi) is 4.33. The molecule has 0 aromatic heterocycles. The first-order valence-electron chi connectivity index (χ1n) is 5.43. The van der Waals surface area contributed by atoms with Gasteiger partial charge in [0, 0.05) is 5.75 Å². The Morgan fingerprint density at radius 3 is 2.00 bits per heavy atom. The molecule has 0 spiro atoms. The maximum Gasteiger partial charge on any atom is 0.0857 e. The standard InChI is InChI=1S/C14H14N2S/c1-17-11-12-7-9-14(10-8-12)16-15-13-5-3-2-4-6-13/h2-10H,11H2,1H3. The average Bonchev–Trinajstić information content (AvgIpc) is 2.40. The van der Waals surface area contributed by atoms with Gasteiger partial charge in [-0.05, 0) is 36.1 Å². The number of azo groups is 1. The molecule has 0 fully saturated rings. The van der Waals surface area contributed by atoms with E-state index in [1.54, 1.807) is 0 Å². The molecule has 0 atom stereocenters. The Morgan fingerprint density at radius 1 is 0.824 bits per heavy atom. The highest BCUT2D eigenvalue weighted by molar-refractivity contribution is 7.97. The number of rotatable bonds is 4. The van der Waals surface area contributed by atoms with Crippen molar-refractivity contribution in [2.45, 2.75) is 5.75 Å². The van der Waals surface area contributed by atoms with Gasteiger partial charge in [-0.25, -0.2) is 0 Å². The highest BCUT2D eigenvalue weighted by atomic mass is 32.2. The molecule has 0 bridgehead atoms. The summed E-state index contributed by atoms with van der Waals surface area (Å²) < 4.78 is 0. The number of nitrogens with zero attached hydrogens (tertiary/aromatic N) is 2. The second-order valence-corrected chi connectivity index (χ2v) is 4.50. The van der Waals surface area contributed by atoms with Gasteiger partial charge in [0.1, 0.15) is 0 Å². The van der Waals surface area contributed by atoms with Crippen LogP contribution in [0.4, 0.5) is 11.4 Å². The lowest BCUT2D eigenvalue weighted by molar-refractivity contribution is 1.23. The van der Waals surface area contributed by atoms with Crippen LogP contribution in [-0.4, -0.2) is 6.26 Å². The first-order valence-corrected chi connectivity index (χ1v) is 6.82. The molecule has 0 radical (unpaired) electrons. The zero-order chi connectivity index (χ0) is 11.9. The number of hydrogen-bond donors (Lipinski definition) is 0. The minimum absolute atomic E-state index is 0.876. The summed E-state index contributed by atoms with van der Waals surface area (Å²) in [6.45, 7) is 0. The predicted molar refractivity (Wildman–Crippen MR) is 74.3 cm³/mol. The zero-order valence-corrected chi connectivity index (χ0v) is 10.5. The van der Waals surface area contributed by atoms with Crippen molar-refractivity contribution >= 4 is 23.1 Å². The molecule has 86 valence electrons. The van der Waals surface area contributed by atoms with Gasteiger partial charge in [-0.2, -0.15) is 22.0 Å². The zero-order valence-electron chi connectivity index (χ0n) is 9.71. The van der Waals surface area contributed by atoms with Crippen LogP contribution < -0.4 is 0 Å². The molecule has 0 heterocycles. The molecule has 3 heteroatoms. The summed E-state index contributed by atoms with van der Waals surface area (Å²) in [6, 6.07) is 17.9. The molecule has 2 rings (SSSR count). The fourth-order valence-electron chi connectivity index (χ4n) is 1.44. The summed E-state index contributed by atoms with van der Waals surface area (Å²) in [5.74, 6) is 1.04.